The molecule has 0 radical (unpaired) electrons. The Labute approximate surface area is 80.6 Å². The minimum absolute atomic E-state index is 0.0303. The lowest BCUT2D eigenvalue weighted by Gasteiger charge is -1.99. The van der Waals surface area contributed by atoms with Crippen LogP contribution in [0.5, 0.6) is 0 Å². The average molecular weight is 201 g/mol. The van der Waals surface area contributed by atoms with Gasteiger partial charge in [-0.15, -0.1) is 0 Å². The van der Waals surface area contributed by atoms with Crippen molar-refractivity contribution < 1.29 is 4.85 Å². The normalized spacial score (nSPS) is 9.46. The summed E-state index contributed by atoms with van der Waals surface area (Å²) in [5, 5.41) is 18.3. The Morgan fingerprint density at radius 1 is 1.62 bits per heavy atom. The van der Waals surface area contributed by atoms with E-state index in [0.717, 1.165) is 5.71 Å². The molecule has 0 amide bonds. The summed E-state index contributed by atoms with van der Waals surface area (Å²) < 4.78 is 0. The van der Waals surface area contributed by atoms with Crippen LogP contribution < -0.4 is 10.3 Å². The summed E-state index contributed by atoms with van der Waals surface area (Å²) in [5.41, 5.74) is 3.45. The van der Waals surface area contributed by atoms with Crippen molar-refractivity contribution in [2.45, 2.75) is 13.8 Å². The zero-order valence-electron chi connectivity index (χ0n) is 7.28. The minimum atomic E-state index is 0.0303. The molecule has 1 N–H and O–H groups in total. The van der Waals surface area contributed by atoms with E-state index >= 15 is 0 Å². The third-order valence-electron chi connectivity index (χ3n) is 1.15. The van der Waals surface area contributed by atoms with Crippen LogP contribution in [0, 0.1) is 5.21 Å². The molecule has 0 unspecified atom stereocenters. The quantitative estimate of drug-likeness (QED) is 0.337. The number of halogens is 1. The van der Waals surface area contributed by atoms with Gasteiger partial charge in [-0.2, -0.15) is 5.10 Å². The second kappa shape index (κ2) is 4.04. The van der Waals surface area contributed by atoms with Crippen LogP contribution in [-0.4, -0.2) is 10.8 Å². The van der Waals surface area contributed by atoms with Crippen LogP contribution in [0.2, 0.25) is 5.15 Å². The largest absolute Gasteiger partial charge is 0.593 e. The highest BCUT2D eigenvalue weighted by molar-refractivity contribution is 6.28. The molecule has 5 nitrogen and oxygen atoms in total. The van der Waals surface area contributed by atoms with Crippen molar-refractivity contribution in [1.29, 1.82) is 0 Å². The molecular weight excluding hydrogens is 192 g/mol. The van der Waals surface area contributed by atoms with Crippen LogP contribution in [0.25, 0.3) is 0 Å². The molecule has 1 heterocycles. The van der Waals surface area contributed by atoms with Gasteiger partial charge in [-0.3, -0.25) is 5.43 Å². The number of nitrogens with zero attached hydrogens (tertiary/aromatic N) is 3. The molecule has 0 atom stereocenters. The van der Waals surface area contributed by atoms with Gasteiger partial charge in [0.1, 0.15) is 0 Å². The third-order valence-corrected chi connectivity index (χ3v) is 1.42. The summed E-state index contributed by atoms with van der Waals surface area (Å²) in [6.45, 7) is 3.66. The first-order chi connectivity index (χ1) is 6.09. The van der Waals surface area contributed by atoms with E-state index < -0.39 is 0 Å². The molecule has 0 saturated heterocycles. The first kappa shape index (κ1) is 9.73. The molecule has 0 aliphatic rings. The van der Waals surface area contributed by atoms with Gasteiger partial charge in [0.05, 0.1) is 0 Å². The molecule has 0 aliphatic heterocycles. The van der Waals surface area contributed by atoms with Crippen LogP contribution in [0.4, 0.5) is 5.82 Å². The Hall–Kier alpha value is -1.36. The molecule has 0 fully saturated rings. The molecule has 0 bridgehead atoms. The van der Waals surface area contributed by atoms with E-state index in [1.165, 1.54) is 6.07 Å². The van der Waals surface area contributed by atoms with Crippen LogP contribution in [0.15, 0.2) is 17.2 Å². The van der Waals surface area contributed by atoms with E-state index in [-0.39, 0.29) is 5.15 Å². The van der Waals surface area contributed by atoms with E-state index in [2.05, 4.69) is 15.6 Å². The van der Waals surface area contributed by atoms with Gasteiger partial charge >= 0.3 is 5.15 Å². The lowest BCUT2D eigenvalue weighted by atomic mass is 10.5. The lowest BCUT2D eigenvalue weighted by molar-refractivity contribution is -0.665. The molecule has 1 aromatic rings. The average Bonchev–Trinajstić information content (AvgIpc) is 2.07. The Morgan fingerprint density at radius 2 is 2.31 bits per heavy atom. The SMILES string of the molecule is CC(C)=NNc1ccc(Cl)[n+]([O-])n1. The maximum Gasteiger partial charge on any atom is 0.313 e. The first-order valence-corrected chi connectivity index (χ1v) is 4.00. The van der Waals surface area contributed by atoms with Gasteiger partial charge < -0.3 is 5.21 Å². The number of hydrogen-bond donors (Lipinski definition) is 1. The summed E-state index contributed by atoms with van der Waals surface area (Å²) in [4.78, 5) is 0.324. The molecule has 1 aromatic heterocycles. The van der Waals surface area contributed by atoms with E-state index in [9.17, 15) is 5.21 Å². The number of anilines is 1. The molecule has 0 aliphatic carbocycles. The van der Waals surface area contributed by atoms with E-state index in [1.54, 1.807) is 6.07 Å². The van der Waals surface area contributed by atoms with E-state index in [4.69, 9.17) is 11.6 Å². The molecule has 6 heteroatoms. The van der Waals surface area contributed by atoms with Crippen molar-refractivity contribution in [1.82, 2.24) is 5.10 Å². The predicted molar refractivity (Wildman–Crippen MR) is 50.6 cm³/mol. The molecular formula is C7H9ClN4O. The smallest absolute Gasteiger partial charge is 0.313 e. The van der Waals surface area contributed by atoms with Crippen molar-refractivity contribution in [3.63, 3.8) is 0 Å². The van der Waals surface area contributed by atoms with Crippen LogP contribution in [0.3, 0.4) is 0 Å². The van der Waals surface area contributed by atoms with Crippen molar-refractivity contribution in [2.24, 2.45) is 5.10 Å². The summed E-state index contributed by atoms with van der Waals surface area (Å²) >= 11 is 5.47. The first-order valence-electron chi connectivity index (χ1n) is 3.63. The molecule has 0 aromatic carbocycles. The van der Waals surface area contributed by atoms with Gasteiger partial charge in [-0.25, -0.2) is 0 Å². The van der Waals surface area contributed by atoms with Gasteiger partial charge in [0, 0.05) is 16.9 Å². The van der Waals surface area contributed by atoms with Gasteiger partial charge in [0.2, 0.25) is 5.82 Å². The zero-order valence-corrected chi connectivity index (χ0v) is 8.04. The van der Waals surface area contributed by atoms with Crippen molar-refractivity contribution >= 4 is 23.1 Å². The number of hydrogen-bond acceptors (Lipinski definition) is 4. The highest BCUT2D eigenvalue weighted by Crippen LogP contribution is 2.03. The Bertz CT molecular complexity index is 335. The fourth-order valence-electron chi connectivity index (χ4n) is 0.619. The van der Waals surface area contributed by atoms with Crippen LogP contribution >= 0.6 is 11.6 Å². The standard InChI is InChI=1S/C7H9ClN4O/c1-5(2)9-10-7-4-3-6(8)12(13)11-7/h3-4H,1-2H3,(H,10,11). The van der Waals surface area contributed by atoms with E-state index in [1.807, 2.05) is 13.8 Å². The number of hydrazone groups is 1. The molecule has 13 heavy (non-hydrogen) atoms. The number of rotatable bonds is 2. The second-order valence-corrected chi connectivity index (χ2v) is 2.97. The van der Waals surface area contributed by atoms with Gasteiger partial charge in [0.25, 0.3) is 0 Å². The highest BCUT2D eigenvalue weighted by atomic mass is 35.5. The Balaban J connectivity index is 2.80. The molecule has 70 valence electrons. The number of aromatic nitrogens is 2. The zero-order chi connectivity index (χ0) is 9.84. The predicted octanol–water partition coefficient (Wildman–Crippen LogP) is 1.18. The van der Waals surface area contributed by atoms with Crippen LogP contribution in [0.1, 0.15) is 13.8 Å². The summed E-state index contributed by atoms with van der Waals surface area (Å²) in [5.74, 6) is 0.362. The number of nitrogens with one attached hydrogen (secondary N) is 1. The summed E-state index contributed by atoms with van der Waals surface area (Å²) in [6, 6.07) is 3.02. The molecule has 0 saturated carbocycles. The van der Waals surface area contributed by atoms with Gasteiger partial charge in [-0.05, 0) is 36.4 Å². The van der Waals surface area contributed by atoms with Crippen molar-refractivity contribution in [3.8, 4) is 0 Å². The summed E-state index contributed by atoms with van der Waals surface area (Å²) in [6.07, 6.45) is 0. The molecule has 1 rings (SSSR count). The fourth-order valence-corrected chi connectivity index (χ4v) is 0.720. The maximum absolute atomic E-state index is 10.9. The van der Waals surface area contributed by atoms with Gasteiger partial charge in [-0.1, -0.05) is 0 Å². The van der Waals surface area contributed by atoms with Gasteiger partial charge in [0.15, 0.2) is 0 Å². The second-order valence-electron chi connectivity index (χ2n) is 2.59. The van der Waals surface area contributed by atoms with Crippen molar-refractivity contribution in [3.05, 3.63) is 22.5 Å². The third kappa shape index (κ3) is 2.87. The summed E-state index contributed by atoms with van der Waals surface area (Å²) in [7, 11) is 0. The Kier molecular flexibility index (Phi) is 3.02. The highest BCUT2D eigenvalue weighted by Gasteiger charge is 2.03. The van der Waals surface area contributed by atoms with E-state index in [0.29, 0.717) is 10.7 Å². The fraction of sp³-hybridized carbons (Fsp3) is 0.286. The monoisotopic (exact) mass is 200 g/mol. The maximum atomic E-state index is 10.9. The topological polar surface area (TPSA) is 64.2 Å². The molecule has 0 spiro atoms. The minimum Gasteiger partial charge on any atom is -0.593 e. The van der Waals surface area contributed by atoms with Crippen LogP contribution in [-0.2, 0) is 0 Å². The Morgan fingerprint density at radius 3 is 2.85 bits per heavy atom. The van der Waals surface area contributed by atoms with Crippen molar-refractivity contribution in [2.75, 3.05) is 5.43 Å². The lowest BCUT2D eigenvalue weighted by Crippen LogP contribution is -2.32.